The number of amides is 2. The van der Waals surface area contributed by atoms with E-state index in [0.717, 1.165) is 60.8 Å². The number of aromatic amines is 1. The number of fused-ring (bicyclic) bond motifs is 1. The number of nitriles is 1. The lowest BCUT2D eigenvalue weighted by molar-refractivity contribution is -0.128. The standard InChI is InChI=1S/C17H19N3O2.C7H10N2O/c18-9-8-12-11-19-16-7-6-14(10-15(12)16)22-17(21)20-13-4-2-1-3-5-13;1-6(10)9-4-2-3-7(9)5-8/h2,4-7,10-11,19H,1,3,8-9,18H2,(H,20,21);7H,2-4H2,1H3. The summed E-state index contributed by atoms with van der Waals surface area (Å²) < 4.78 is 5.36. The molecule has 4 N–H and O–H groups in total. The van der Waals surface area contributed by atoms with Crippen LogP contribution >= 0.6 is 0 Å². The van der Waals surface area contributed by atoms with E-state index in [1.54, 1.807) is 11.0 Å². The molecule has 168 valence electrons. The van der Waals surface area contributed by atoms with Gasteiger partial charge in [-0.1, -0.05) is 12.2 Å². The summed E-state index contributed by atoms with van der Waals surface area (Å²) in [6, 6.07) is 7.48. The van der Waals surface area contributed by atoms with Crippen molar-refractivity contribution in [2.45, 2.75) is 45.1 Å². The van der Waals surface area contributed by atoms with Gasteiger partial charge >= 0.3 is 6.09 Å². The molecule has 1 aliphatic carbocycles. The normalized spacial score (nSPS) is 17.2. The Morgan fingerprint density at radius 3 is 2.88 bits per heavy atom. The molecular weight excluding hydrogens is 406 g/mol. The Labute approximate surface area is 187 Å². The second-order valence-electron chi connectivity index (χ2n) is 7.71. The number of hydrogen-bond donors (Lipinski definition) is 3. The molecular formula is C24H29N5O3. The molecule has 1 fully saturated rings. The number of nitrogens with one attached hydrogen (secondary N) is 2. The molecule has 1 unspecified atom stereocenters. The van der Waals surface area contributed by atoms with E-state index in [1.807, 2.05) is 36.6 Å². The second kappa shape index (κ2) is 11.2. The first-order valence-corrected chi connectivity index (χ1v) is 10.8. The number of benzene rings is 1. The quantitative estimate of drug-likeness (QED) is 0.678. The van der Waals surface area contributed by atoms with Gasteiger partial charge in [0.05, 0.1) is 6.07 Å². The maximum atomic E-state index is 11.9. The summed E-state index contributed by atoms with van der Waals surface area (Å²) in [6.45, 7) is 2.85. The fraction of sp³-hybridized carbons (Fsp3) is 0.375. The van der Waals surface area contributed by atoms with Crippen LogP contribution in [0.15, 0.2) is 48.3 Å². The Bertz CT molecular complexity index is 1060. The third-order valence-corrected chi connectivity index (χ3v) is 5.41. The van der Waals surface area contributed by atoms with E-state index >= 15 is 0 Å². The summed E-state index contributed by atoms with van der Waals surface area (Å²) in [4.78, 5) is 27.5. The highest BCUT2D eigenvalue weighted by molar-refractivity contribution is 5.85. The van der Waals surface area contributed by atoms with E-state index in [0.29, 0.717) is 12.3 Å². The van der Waals surface area contributed by atoms with Crippen LogP contribution in [0.4, 0.5) is 4.79 Å². The van der Waals surface area contributed by atoms with Crippen molar-refractivity contribution in [1.82, 2.24) is 15.2 Å². The molecule has 2 amide bonds. The summed E-state index contributed by atoms with van der Waals surface area (Å²) >= 11 is 0. The van der Waals surface area contributed by atoms with Crippen LogP contribution in [0.3, 0.4) is 0 Å². The van der Waals surface area contributed by atoms with E-state index in [2.05, 4.69) is 16.4 Å². The first-order chi connectivity index (χ1) is 15.5. The number of rotatable bonds is 4. The third kappa shape index (κ3) is 5.99. The summed E-state index contributed by atoms with van der Waals surface area (Å²) in [5.41, 5.74) is 8.53. The monoisotopic (exact) mass is 435 g/mol. The minimum atomic E-state index is -0.479. The Morgan fingerprint density at radius 2 is 2.22 bits per heavy atom. The van der Waals surface area contributed by atoms with E-state index in [-0.39, 0.29) is 11.9 Å². The molecule has 0 bridgehead atoms. The minimum Gasteiger partial charge on any atom is -0.410 e. The van der Waals surface area contributed by atoms with E-state index in [9.17, 15) is 9.59 Å². The van der Waals surface area contributed by atoms with Crippen molar-refractivity contribution < 1.29 is 14.3 Å². The van der Waals surface area contributed by atoms with Crippen molar-refractivity contribution in [3.05, 3.63) is 53.9 Å². The van der Waals surface area contributed by atoms with Gasteiger partial charge in [-0.15, -0.1) is 0 Å². The van der Waals surface area contributed by atoms with Gasteiger partial charge in [0, 0.05) is 36.3 Å². The van der Waals surface area contributed by atoms with Gasteiger partial charge in [-0.05, 0) is 68.5 Å². The zero-order valence-electron chi connectivity index (χ0n) is 18.3. The molecule has 0 radical (unpaired) electrons. The fourth-order valence-corrected chi connectivity index (χ4v) is 3.82. The summed E-state index contributed by atoms with van der Waals surface area (Å²) in [5, 5.41) is 12.3. The highest BCUT2D eigenvalue weighted by Crippen LogP contribution is 2.24. The van der Waals surface area contributed by atoms with Crippen LogP contribution in [0, 0.1) is 11.3 Å². The molecule has 1 aliphatic heterocycles. The number of ether oxygens (including phenoxy) is 1. The number of carbonyl (C=O) groups excluding carboxylic acids is 2. The Balaban J connectivity index is 0.000000243. The number of H-pyrrole nitrogens is 1. The lowest BCUT2D eigenvalue weighted by Crippen LogP contribution is -2.32. The fourth-order valence-electron chi connectivity index (χ4n) is 3.82. The number of nitrogens with zero attached hydrogens (tertiary/aromatic N) is 2. The third-order valence-electron chi connectivity index (χ3n) is 5.41. The van der Waals surface area contributed by atoms with Gasteiger partial charge in [0.15, 0.2) is 0 Å². The molecule has 1 saturated heterocycles. The number of nitrogens with two attached hydrogens (primary N) is 1. The van der Waals surface area contributed by atoms with Crippen LogP contribution in [-0.2, 0) is 11.2 Å². The number of allylic oxidation sites excluding steroid dienone is 3. The first kappa shape index (κ1) is 23.1. The molecule has 8 nitrogen and oxygen atoms in total. The molecule has 0 spiro atoms. The Kier molecular flexibility index (Phi) is 8.06. The van der Waals surface area contributed by atoms with Gasteiger partial charge < -0.3 is 20.4 Å². The van der Waals surface area contributed by atoms with E-state index in [1.165, 1.54) is 6.92 Å². The average molecular weight is 436 g/mol. The molecule has 1 atom stereocenters. The van der Waals surface area contributed by atoms with Gasteiger partial charge in [-0.25, -0.2) is 4.79 Å². The molecule has 1 aromatic heterocycles. The number of likely N-dealkylation sites (tertiary alicyclic amines) is 1. The SMILES string of the molecule is CC(=O)N1CCCC1C#N.NCCc1c[nH]c2ccc(OC(=O)NC3=CCCC=C3)cc12. The molecule has 2 heterocycles. The number of aromatic nitrogens is 1. The van der Waals surface area contributed by atoms with Crippen molar-refractivity contribution in [2.24, 2.45) is 5.73 Å². The van der Waals surface area contributed by atoms with Crippen LogP contribution < -0.4 is 15.8 Å². The van der Waals surface area contributed by atoms with Gasteiger partial charge in [0.25, 0.3) is 0 Å². The summed E-state index contributed by atoms with van der Waals surface area (Å²) in [7, 11) is 0. The van der Waals surface area contributed by atoms with Crippen LogP contribution in [0.1, 0.15) is 38.2 Å². The smallest absolute Gasteiger partial charge is 0.410 e. The molecule has 0 saturated carbocycles. The zero-order valence-corrected chi connectivity index (χ0v) is 18.3. The second-order valence-corrected chi connectivity index (χ2v) is 7.71. The summed E-state index contributed by atoms with van der Waals surface area (Å²) in [6.07, 6.45) is 11.9. The zero-order chi connectivity index (χ0) is 22.9. The van der Waals surface area contributed by atoms with Crippen molar-refractivity contribution in [3.8, 4) is 11.8 Å². The molecule has 8 heteroatoms. The van der Waals surface area contributed by atoms with Crippen molar-refractivity contribution in [3.63, 3.8) is 0 Å². The number of carbonyl (C=O) groups is 2. The van der Waals surface area contributed by atoms with Crippen molar-refractivity contribution in [1.29, 1.82) is 5.26 Å². The number of hydrogen-bond acceptors (Lipinski definition) is 5. The first-order valence-electron chi connectivity index (χ1n) is 10.8. The van der Waals surface area contributed by atoms with E-state index in [4.69, 9.17) is 15.7 Å². The summed E-state index contributed by atoms with van der Waals surface area (Å²) in [5.74, 6) is 0.535. The maximum absolute atomic E-state index is 11.9. The van der Waals surface area contributed by atoms with E-state index < -0.39 is 6.09 Å². The lowest BCUT2D eigenvalue weighted by atomic mass is 10.1. The van der Waals surface area contributed by atoms with Gasteiger partial charge in [-0.2, -0.15) is 5.26 Å². The predicted molar refractivity (Wildman–Crippen MR) is 123 cm³/mol. The van der Waals surface area contributed by atoms with Crippen molar-refractivity contribution >= 4 is 22.9 Å². The van der Waals surface area contributed by atoms with Crippen LogP contribution in [-0.4, -0.2) is 41.0 Å². The van der Waals surface area contributed by atoms with Crippen LogP contribution in [0.2, 0.25) is 0 Å². The highest BCUT2D eigenvalue weighted by atomic mass is 16.6. The average Bonchev–Trinajstić information content (AvgIpc) is 3.42. The maximum Gasteiger partial charge on any atom is 0.417 e. The largest absolute Gasteiger partial charge is 0.417 e. The molecule has 2 aliphatic rings. The minimum absolute atomic E-state index is 0.0176. The van der Waals surface area contributed by atoms with Gasteiger partial charge in [0.1, 0.15) is 11.8 Å². The highest BCUT2D eigenvalue weighted by Gasteiger charge is 2.25. The van der Waals surface area contributed by atoms with Crippen LogP contribution in [0.25, 0.3) is 10.9 Å². The van der Waals surface area contributed by atoms with Crippen LogP contribution in [0.5, 0.6) is 5.75 Å². The van der Waals surface area contributed by atoms with Gasteiger partial charge in [0.2, 0.25) is 5.91 Å². The topological polar surface area (TPSA) is 124 Å². The molecule has 32 heavy (non-hydrogen) atoms. The Hall–Kier alpha value is -3.57. The molecule has 4 rings (SSSR count). The van der Waals surface area contributed by atoms with Gasteiger partial charge in [-0.3, -0.25) is 10.1 Å². The predicted octanol–water partition coefficient (Wildman–Crippen LogP) is 3.51. The lowest BCUT2D eigenvalue weighted by Gasteiger charge is -2.16. The molecule has 1 aromatic carbocycles. The molecule has 2 aromatic rings. The Morgan fingerprint density at radius 1 is 1.38 bits per heavy atom. The van der Waals surface area contributed by atoms with Crippen molar-refractivity contribution in [2.75, 3.05) is 13.1 Å².